The predicted molar refractivity (Wildman–Crippen MR) is 99.6 cm³/mol. The van der Waals surface area contributed by atoms with Crippen molar-refractivity contribution in [1.82, 2.24) is 0 Å². The first-order chi connectivity index (χ1) is 11.8. The van der Waals surface area contributed by atoms with Crippen LogP contribution in [0, 0.1) is 6.92 Å². The lowest BCUT2D eigenvalue weighted by molar-refractivity contribution is 0.0696. The second kappa shape index (κ2) is 8.02. The van der Waals surface area contributed by atoms with E-state index in [1.807, 2.05) is 26.0 Å². The third kappa shape index (κ3) is 5.22. The van der Waals surface area contributed by atoms with Crippen LogP contribution in [0.4, 0.5) is 11.4 Å². The lowest BCUT2D eigenvalue weighted by Gasteiger charge is -2.15. The summed E-state index contributed by atoms with van der Waals surface area (Å²) in [5.74, 6) is -0.892. The Morgan fingerprint density at radius 1 is 1.12 bits per heavy atom. The molecule has 25 heavy (non-hydrogen) atoms. The first-order valence-corrected chi connectivity index (χ1v) is 9.64. The van der Waals surface area contributed by atoms with Crippen LogP contribution in [0.25, 0.3) is 0 Å². The topological polar surface area (TPSA) is 95.5 Å². The van der Waals surface area contributed by atoms with Gasteiger partial charge in [-0.3, -0.25) is 4.72 Å². The highest BCUT2D eigenvalue weighted by molar-refractivity contribution is 7.92. The van der Waals surface area contributed by atoms with Gasteiger partial charge in [0.2, 0.25) is 10.0 Å². The maximum Gasteiger partial charge on any atom is 0.335 e. The van der Waals surface area contributed by atoms with Gasteiger partial charge in [0.1, 0.15) is 0 Å². The van der Waals surface area contributed by atoms with Crippen molar-refractivity contribution >= 4 is 27.4 Å². The fourth-order valence-electron chi connectivity index (χ4n) is 2.44. The summed E-state index contributed by atoms with van der Waals surface area (Å²) in [5.41, 5.74) is 3.18. The van der Waals surface area contributed by atoms with Crippen LogP contribution in [-0.4, -0.2) is 25.2 Å². The van der Waals surface area contributed by atoms with Crippen LogP contribution in [0.2, 0.25) is 0 Å². The third-order valence-electron chi connectivity index (χ3n) is 3.73. The molecule has 0 amide bonds. The summed E-state index contributed by atoms with van der Waals surface area (Å²) >= 11 is 0. The van der Waals surface area contributed by atoms with Gasteiger partial charge in [-0.1, -0.05) is 25.1 Å². The van der Waals surface area contributed by atoms with Crippen LogP contribution >= 0.6 is 0 Å². The zero-order chi connectivity index (χ0) is 18.4. The van der Waals surface area contributed by atoms with Gasteiger partial charge in [0.25, 0.3) is 0 Å². The molecule has 2 aromatic carbocycles. The first-order valence-electron chi connectivity index (χ1n) is 7.98. The average Bonchev–Trinajstić information content (AvgIpc) is 2.55. The van der Waals surface area contributed by atoms with Crippen molar-refractivity contribution in [2.45, 2.75) is 26.8 Å². The maximum atomic E-state index is 12.0. The van der Waals surface area contributed by atoms with E-state index in [2.05, 4.69) is 10.0 Å². The molecule has 2 aromatic rings. The van der Waals surface area contributed by atoms with E-state index in [0.717, 1.165) is 16.8 Å². The molecule has 0 fully saturated rings. The summed E-state index contributed by atoms with van der Waals surface area (Å²) in [5, 5.41) is 12.3. The molecule has 134 valence electrons. The maximum absolute atomic E-state index is 12.0. The molecule has 0 aliphatic rings. The Hall–Kier alpha value is -2.54. The second-order valence-corrected chi connectivity index (χ2v) is 7.60. The van der Waals surface area contributed by atoms with Crippen LogP contribution in [0.15, 0.2) is 42.5 Å². The number of carboxylic acid groups (broad SMARTS) is 1. The van der Waals surface area contributed by atoms with Gasteiger partial charge in [0, 0.05) is 12.2 Å². The molecule has 0 atom stereocenters. The van der Waals surface area contributed by atoms with Crippen LogP contribution in [0.3, 0.4) is 0 Å². The molecule has 0 spiro atoms. The lowest BCUT2D eigenvalue weighted by Crippen LogP contribution is -2.17. The highest BCUT2D eigenvalue weighted by atomic mass is 32.2. The van der Waals surface area contributed by atoms with Crippen molar-refractivity contribution in [2.24, 2.45) is 0 Å². The summed E-state index contributed by atoms with van der Waals surface area (Å²) in [6.45, 7) is 4.09. The molecule has 0 aliphatic carbocycles. The van der Waals surface area contributed by atoms with Crippen molar-refractivity contribution in [2.75, 3.05) is 15.8 Å². The average molecular weight is 362 g/mol. The van der Waals surface area contributed by atoms with Gasteiger partial charge in [0.05, 0.1) is 17.0 Å². The summed E-state index contributed by atoms with van der Waals surface area (Å²) < 4.78 is 26.5. The Bertz CT molecular complexity index is 863. The van der Waals surface area contributed by atoms with E-state index in [9.17, 15) is 13.2 Å². The Morgan fingerprint density at radius 3 is 2.48 bits per heavy atom. The van der Waals surface area contributed by atoms with Gasteiger partial charge in [0.15, 0.2) is 0 Å². The van der Waals surface area contributed by atoms with Crippen LogP contribution < -0.4 is 10.0 Å². The van der Waals surface area contributed by atoms with E-state index in [-0.39, 0.29) is 11.3 Å². The Kier molecular flexibility index (Phi) is 6.03. The van der Waals surface area contributed by atoms with E-state index >= 15 is 0 Å². The van der Waals surface area contributed by atoms with Crippen molar-refractivity contribution in [3.63, 3.8) is 0 Å². The summed E-state index contributed by atoms with van der Waals surface area (Å²) in [6.07, 6.45) is 0.548. The van der Waals surface area contributed by atoms with Gasteiger partial charge in [-0.25, -0.2) is 13.2 Å². The molecule has 0 aromatic heterocycles. The van der Waals surface area contributed by atoms with Gasteiger partial charge in [-0.2, -0.15) is 0 Å². The molecule has 0 heterocycles. The van der Waals surface area contributed by atoms with Crippen LogP contribution in [0.5, 0.6) is 0 Å². The van der Waals surface area contributed by atoms with E-state index < -0.39 is 16.0 Å². The highest BCUT2D eigenvalue weighted by Gasteiger charge is 2.12. The minimum Gasteiger partial charge on any atom is -0.478 e. The molecular weight excluding hydrogens is 340 g/mol. The van der Waals surface area contributed by atoms with Gasteiger partial charge < -0.3 is 10.4 Å². The van der Waals surface area contributed by atoms with Crippen LogP contribution in [-0.2, 0) is 16.6 Å². The molecule has 0 saturated carbocycles. The van der Waals surface area contributed by atoms with Gasteiger partial charge in [-0.05, 0) is 48.7 Å². The largest absolute Gasteiger partial charge is 0.478 e. The normalized spacial score (nSPS) is 11.1. The number of benzene rings is 2. The van der Waals surface area contributed by atoms with E-state index in [0.29, 0.717) is 18.7 Å². The Morgan fingerprint density at radius 2 is 1.80 bits per heavy atom. The number of carboxylic acids is 1. The van der Waals surface area contributed by atoms with E-state index in [1.165, 1.54) is 0 Å². The molecule has 0 radical (unpaired) electrons. The molecule has 6 nitrogen and oxygen atoms in total. The standard InChI is InChI=1S/C18H22N2O4S/c1-3-10-25(23,24)20-17-9-5-8-16(13(17)2)19-12-14-6-4-7-15(11-14)18(21)22/h4-9,11,19-20H,3,10,12H2,1-2H3,(H,21,22). The van der Waals surface area contributed by atoms with Crippen LogP contribution in [0.1, 0.15) is 34.8 Å². The number of carbonyl (C=O) groups is 1. The van der Waals surface area contributed by atoms with E-state index in [4.69, 9.17) is 5.11 Å². The SMILES string of the molecule is CCCS(=O)(=O)Nc1cccc(NCc2cccc(C(=O)O)c2)c1C. The van der Waals surface area contributed by atoms with E-state index in [1.54, 1.807) is 30.3 Å². The highest BCUT2D eigenvalue weighted by Crippen LogP contribution is 2.25. The number of hydrogen-bond acceptors (Lipinski definition) is 4. The predicted octanol–water partition coefficient (Wildman–Crippen LogP) is 3.46. The third-order valence-corrected chi connectivity index (χ3v) is 5.21. The minimum atomic E-state index is -3.35. The molecule has 0 aliphatic heterocycles. The first kappa shape index (κ1) is 18.8. The molecular formula is C18H22N2O4S. The summed E-state index contributed by atoms with van der Waals surface area (Å²) in [6, 6.07) is 12.0. The smallest absolute Gasteiger partial charge is 0.335 e. The number of rotatable bonds is 8. The van der Waals surface area contributed by atoms with Gasteiger partial charge >= 0.3 is 5.97 Å². The molecule has 7 heteroatoms. The van der Waals surface area contributed by atoms with Crippen molar-refractivity contribution in [3.05, 3.63) is 59.2 Å². The zero-order valence-electron chi connectivity index (χ0n) is 14.2. The minimum absolute atomic E-state index is 0.0755. The quantitative estimate of drug-likeness (QED) is 0.668. The Balaban J connectivity index is 2.14. The number of anilines is 2. The molecule has 0 bridgehead atoms. The number of nitrogens with one attached hydrogen (secondary N) is 2. The summed E-state index contributed by atoms with van der Waals surface area (Å²) in [7, 11) is -3.35. The van der Waals surface area contributed by atoms with Crippen molar-refractivity contribution in [3.8, 4) is 0 Å². The van der Waals surface area contributed by atoms with Crippen molar-refractivity contribution < 1.29 is 18.3 Å². The molecule has 3 N–H and O–H groups in total. The number of sulfonamides is 1. The summed E-state index contributed by atoms with van der Waals surface area (Å²) in [4.78, 5) is 11.0. The monoisotopic (exact) mass is 362 g/mol. The number of aromatic carboxylic acids is 1. The fraction of sp³-hybridized carbons (Fsp3) is 0.278. The lowest BCUT2D eigenvalue weighted by atomic mass is 10.1. The molecule has 0 unspecified atom stereocenters. The van der Waals surface area contributed by atoms with Gasteiger partial charge in [-0.15, -0.1) is 0 Å². The molecule has 0 saturated heterocycles. The molecule has 2 rings (SSSR count). The number of hydrogen-bond donors (Lipinski definition) is 3. The second-order valence-electron chi connectivity index (χ2n) is 5.76. The van der Waals surface area contributed by atoms with Crippen molar-refractivity contribution in [1.29, 1.82) is 0 Å². The fourth-order valence-corrected chi connectivity index (χ4v) is 3.63. The Labute approximate surface area is 147 Å². The zero-order valence-corrected chi connectivity index (χ0v) is 15.1.